The summed E-state index contributed by atoms with van der Waals surface area (Å²) in [6.45, 7) is 1.45. The van der Waals surface area contributed by atoms with Crippen LogP contribution in [0.5, 0.6) is 0 Å². The van der Waals surface area contributed by atoms with Crippen molar-refractivity contribution < 1.29 is 13.2 Å². The number of hydrogen-bond donors (Lipinski definition) is 3. The molecule has 0 saturated carbocycles. The number of nitrogens with two attached hydrogens (primary N) is 3. The third-order valence-electron chi connectivity index (χ3n) is 2.20. The van der Waals surface area contributed by atoms with Gasteiger partial charge in [0, 0.05) is 0 Å². The first-order valence-corrected chi connectivity index (χ1v) is 6.43. The van der Waals surface area contributed by atoms with Gasteiger partial charge in [0.2, 0.25) is 10.0 Å². The fourth-order valence-electron chi connectivity index (χ4n) is 1.44. The number of guanidine groups is 1. The molecule has 0 unspecified atom stereocenters. The summed E-state index contributed by atoms with van der Waals surface area (Å²) in [4.78, 5) is 14.7. The second kappa shape index (κ2) is 5.05. The number of carbonyl (C=O) groups is 1. The Hall–Kier alpha value is -2.44. The van der Waals surface area contributed by atoms with E-state index in [0.29, 0.717) is 0 Å². The predicted molar refractivity (Wildman–Crippen MR) is 67.4 cm³/mol. The average Bonchev–Trinajstić information content (AvgIpc) is 2.25. The van der Waals surface area contributed by atoms with Crippen LogP contribution in [0.2, 0.25) is 0 Å². The fraction of sp³-hybridized carbons (Fsp3) is 0.100. The van der Waals surface area contributed by atoms with Crippen molar-refractivity contribution in [3.05, 3.63) is 28.8 Å². The van der Waals surface area contributed by atoms with Gasteiger partial charge in [0.05, 0.1) is 22.1 Å². The smallest absolute Gasteiger partial charge is 0.281 e. The summed E-state index contributed by atoms with van der Waals surface area (Å²) in [6.07, 6.45) is 0. The molecule has 0 aliphatic rings. The van der Waals surface area contributed by atoms with E-state index in [9.17, 15) is 13.2 Å². The SMILES string of the molecule is Cc1cc(C#N)c(C(=O)N=C(N)N)cc1S(N)(=O)=O. The van der Waals surface area contributed by atoms with Gasteiger partial charge < -0.3 is 11.5 Å². The Kier molecular flexibility index (Phi) is 3.89. The van der Waals surface area contributed by atoms with E-state index in [4.69, 9.17) is 21.9 Å². The molecular weight excluding hydrogens is 270 g/mol. The van der Waals surface area contributed by atoms with E-state index in [1.54, 1.807) is 6.07 Å². The number of hydrogen-bond acceptors (Lipinski definition) is 4. The van der Waals surface area contributed by atoms with Gasteiger partial charge in [0.25, 0.3) is 5.91 Å². The summed E-state index contributed by atoms with van der Waals surface area (Å²) >= 11 is 0. The Balaban J connectivity index is 3.61. The minimum atomic E-state index is -4.02. The van der Waals surface area contributed by atoms with Gasteiger partial charge in [-0.15, -0.1) is 0 Å². The van der Waals surface area contributed by atoms with Crippen molar-refractivity contribution >= 4 is 21.9 Å². The second-order valence-electron chi connectivity index (χ2n) is 3.66. The van der Waals surface area contributed by atoms with E-state index in [-0.39, 0.29) is 21.6 Å². The summed E-state index contributed by atoms with van der Waals surface area (Å²) in [6, 6.07) is 3.98. The molecule has 1 amide bonds. The minimum Gasteiger partial charge on any atom is -0.370 e. The van der Waals surface area contributed by atoms with E-state index in [2.05, 4.69) is 4.99 Å². The molecule has 9 heteroatoms. The minimum absolute atomic E-state index is 0.0418. The lowest BCUT2D eigenvalue weighted by Crippen LogP contribution is -2.24. The van der Waals surface area contributed by atoms with Crippen LogP contribution in [0.15, 0.2) is 22.0 Å². The number of benzene rings is 1. The van der Waals surface area contributed by atoms with Crippen molar-refractivity contribution in [2.75, 3.05) is 0 Å². The first-order valence-electron chi connectivity index (χ1n) is 4.88. The number of carbonyl (C=O) groups excluding carboxylic acids is 1. The zero-order valence-corrected chi connectivity index (χ0v) is 10.7. The summed E-state index contributed by atoms with van der Waals surface area (Å²) in [5.41, 5.74) is 10.1. The molecule has 1 aromatic carbocycles. The molecule has 1 rings (SSSR count). The number of aryl methyl sites for hydroxylation is 1. The molecule has 0 bridgehead atoms. The van der Waals surface area contributed by atoms with Crippen LogP contribution >= 0.6 is 0 Å². The van der Waals surface area contributed by atoms with Crippen LogP contribution in [0.3, 0.4) is 0 Å². The predicted octanol–water partition coefficient (Wildman–Crippen LogP) is -1.07. The van der Waals surface area contributed by atoms with Gasteiger partial charge in [-0.1, -0.05) is 0 Å². The monoisotopic (exact) mass is 281 g/mol. The Morgan fingerprint density at radius 3 is 2.37 bits per heavy atom. The molecule has 0 heterocycles. The maximum Gasteiger partial charge on any atom is 0.281 e. The average molecular weight is 281 g/mol. The Morgan fingerprint density at radius 2 is 1.95 bits per heavy atom. The van der Waals surface area contributed by atoms with Gasteiger partial charge in [-0.3, -0.25) is 4.79 Å². The first-order chi connectivity index (χ1) is 8.66. The number of aliphatic imine (C=N–C) groups is 1. The third kappa shape index (κ3) is 3.27. The third-order valence-corrected chi connectivity index (χ3v) is 3.26. The molecule has 0 aliphatic heterocycles. The maximum atomic E-state index is 11.7. The number of rotatable bonds is 2. The molecular formula is C10H11N5O3S. The van der Waals surface area contributed by atoms with Crippen molar-refractivity contribution in [3.8, 4) is 6.07 Å². The topological polar surface area (TPSA) is 165 Å². The highest BCUT2D eigenvalue weighted by Gasteiger charge is 2.19. The van der Waals surface area contributed by atoms with Gasteiger partial charge in [0.1, 0.15) is 0 Å². The quantitative estimate of drug-likeness (QED) is 0.461. The van der Waals surface area contributed by atoms with Crippen molar-refractivity contribution in [2.45, 2.75) is 11.8 Å². The summed E-state index contributed by atoms with van der Waals surface area (Å²) in [7, 11) is -4.02. The van der Waals surface area contributed by atoms with E-state index >= 15 is 0 Å². The van der Waals surface area contributed by atoms with Crippen molar-refractivity contribution in [3.63, 3.8) is 0 Å². The van der Waals surface area contributed by atoms with Crippen LogP contribution in [0.25, 0.3) is 0 Å². The molecule has 0 atom stereocenters. The molecule has 0 radical (unpaired) electrons. The highest BCUT2D eigenvalue weighted by atomic mass is 32.2. The lowest BCUT2D eigenvalue weighted by atomic mass is 10.0. The summed E-state index contributed by atoms with van der Waals surface area (Å²) < 4.78 is 22.7. The van der Waals surface area contributed by atoms with E-state index in [1.165, 1.54) is 13.0 Å². The molecule has 0 aromatic heterocycles. The first kappa shape index (κ1) is 14.6. The highest BCUT2D eigenvalue weighted by molar-refractivity contribution is 7.89. The zero-order valence-electron chi connectivity index (χ0n) is 9.91. The number of amides is 1. The molecule has 0 aliphatic carbocycles. The molecule has 1 aromatic rings. The second-order valence-corrected chi connectivity index (χ2v) is 5.19. The lowest BCUT2D eigenvalue weighted by Gasteiger charge is -2.07. The van der Waals surface area contributed by atoms with Crippen LogP contribution in [-0.4, -0.2) is 20.3 Å². The summed E-state index contributed by atoms with van der Waals surface area (Å²) in [5.74, 6) is -1.41. The lowest BCUT2D eigenvalue weighted by molar-refractivity contribution is 0.100. The molecule has 0 spiro atoms. The summed E-state index contributed by atoms with van der Waals surface area (Å²) in [5, 5.41) is 13.9. The largest absolute Gasteiger partial charge is 0.370 e. The van der Waals surface area contributed by atoms with E-state index in [0.717, 1.165) is 6.07 Å². The van der Waals surface area contributed by atoms with Gasteiger partial charge in [-0.2, -0.15) is 10.3 Å². The number of primary sulfonamides is 1. The van der Waals surface area contributed by atoms with Crippen molar-refractivity contribution in [1.29, 1.82) is 5.26 Å². The van der Waals surface area contributed by atoms with Gasteiger partial charge >= 0.3 is 0 Å². The van der Waals surface area contributed by atoms with Crippen molar-refractivity contribution in [1.82, 2.24) is 0 Å². The van der Waals surface area contributed by atoms with Crippen LogP contribution in [0.4, 0.5) is 0 Å². The van der Waals surface area contributed by atoms with Gasteiger partial charge in [-0.25, -0.2) is 13.6 Å². The van der Waals surface area contributed by atoms with Crippen LogP contribution in [-0.2, 0) is 10.0 Å². The molecule has 6 N–H and O–H groups in total. The molecule has 8 nitrogen and oxygen atoms in total. The highest BCUT2D eigenvalue weighted by Crippen LogP contribution is 2.20. The maximum absolute atomic E-state index is 11.7. The molecule has 19 heavy (non-hydrogen) atoms. The van der Waals surface area contributed by atoms with Crippen LogP contribution in [0.1, 0.15) is 21.5 Å². The standard InChI is InChI=1S/C10H11N5O3S/c1-5-2-6(4-11)7(9(16)15-10(12)13)3-8(5)19(14,17)18/h2-3H,1H3,(H2,14,17,18)(H4,12,13,15,16). The Bertz CT molecular complexity index is 711. The van der Waals surface area contributed by atoms with Crippen molar-refractivity contribution in [2.24, 2.45) is 21.6 Å². The van der Waals surface area contributed by atoms with Crippen LogP contribution < -0.4 is 16.6 Å². The van der Waals surface area contributed by atoms with E-state index < -0.39 is 21.9 Å². The van der Waals surface area contributed by atoms with Gasteiger partial charge in [-0.05, 0) is 24.6 Å². The number of sulfonamides is 1. The Morgan fingerprint density at radius 1 is 1.37 bits per heavy atom. The molecule has 0 saturated heterocycles. The van der Waals surface area contributed by atoms with E-state index in [1.807, 2.05) is 0 Å². The molecule has 0 fully saturated rings. The number of nitrogens with zero attached hydrogens (tertiary/aromatic N) is 2. The van der Waals surface area contributed by atoms with Gasteiger partial charge in [0.15, 0.2) is 5.96 Å². The zero-order chi connectivity index (χ0) is 14.8. The normalized spacial score (nSPS) is 10.6. The fourth-order valence-corrected chi connectivity index (χ4v) is 2.23. The Labute approximate surface area is 109 Å². The van der Waals surface area contributed by atoms with Crippen LogP contribution in [0, 0.1) is 18.3 Å². The molecule has 100 valence electrons. The number of nitriles is 1.